The van der Waals surface area contributed by atoms with Crippen LogP contribution in [-0.2, 0) is 21.6 Å². The van der Waals surface area contributed by atoms with E-state index in [0.717, 1.165) is 0 Å². The van der Waals surface area contributed by atoms with Gasteiger partial charge in [0.05, 0.1) is 5.30 Å². The van der Waals surface area contributed by atoms with E-state index >= 15 is 0 Å². The molecule has 0 unspecified atom stereocenters. The Bertz CT molecular complexity index is 256. The van der Waals surface area contributed by atoms with E-state index in [-0.39, 0.29) is 22.4 Å². The van der Waals surface area contributed by atoms with Crippen molar-refractivity contribution in [1.82, 2.24) is 0 Å². The van der Waals surface area contributed by atoms with Gasteiger partial charge in [0.2, 0.25) is 0 Å². The van der Waals surface area contributed by atoms with Gasteiger partial charge in [-0.3, -0.25) is 4.57 Å². The number of hydrogen-bond donors (Lipinski definition) is 2. The van der Waals surface area contributed by atoms with Gasteiger partial charge in [-0.25, -0.2) is 0 Å². The van der Waals surface area contributed by atoms with Crippen LogP contribution in [0.3, 0.4) is 0 Å². The van der Waals surface area contributed by atoms with Gasteiger partial charge in [-0.1, -0.05) is 18.2 Å². The maximum atomic E-state index is 10.5. The number of benzene rings is 1. The summed E-state index contributed by atoms with van der Waals surface area (Å²) in [6.45, 7) is 0. The Morgan fingerprint density at radius 1 is 1.09 bits per heavy atom. The topological polar surface area (TPSA) is 57.5 Å². The van der Waals surface area contributed by atoms with Gasteiger partial charge < -0.3 is 9.79 Å². The van der Waals surface area contributed by atoms with Crippen LogP contribution in [0.4, 0.5) is 0 Å². The van der Waals surface area contributed by atoms with E-state index in [9.17, 15) is 4.57 Å². The standard InChI is InChI=1S/C6H7O3P.Fe/c7-10(8,9)6-4-2-1-3-5-6;/h1-5H,(H2,7,8,9);. The van der Waals surface area contributed by atoms with Gasteiger partial charge in [-0.05, 0) is 12.1 Å². The molecule has 1 aromatic rings. The molecule has 0 fully saturated rings. The fourth-order valence-electron chi connectivity index (χ4n) is 0.622. The van der Waals surface area contributed by atoms with Gasteiger partial charge in [0.1, 0.15) is 0 Å². The van der Waals surface area contributed by atoms with Crippen LogP contribution in [-0.4, -0.2) is 9.79 Å². The van der Waals surface area contributed by atoms with E-state index in [2.05, 4.69) is 0 Å². The maximum Gasteiger partial charge on any atom is 0.356 e. The maximum absolute atomic E-state index is 10.5. The third-order valence-electron chi connectivity index (χ3n) is 1.09. The minimum absolute atomic E-state index is 0. The molecule has 0 aromatic heterocycles. The molecule has 0 bridgehead atoms. The van der Waals surface area contributed by atoms with Gasteiger partial charge in [0.15, 0.2) is 0 Å². The largest absolute Gasteiger partial charge is 0.356 e. The first-order chi connectivity index (χ1) is 4.61. The van der Waals surface area contributed by atoms with Gasteiger partial charge in [0.25, 0.3) is 0 Å². The molecule has 11 heavy (non-hydrogen) atoms. The van der Waals surface area contributed by atoms with Crippen molar-refractivity contribution in [3.05, 3.63) is 30.3 Å². The molecule has 2 N–H and O–H groups in total. The van der Waals surface area contributed by atoms with Crippen LogP contribution in [0.5, 0.6) is 0 Å². The van der Waals surface area contributed by atoms with Crippen molar-refractivity contribution in [3.8, 4) is 0 Å². The quantitative estimate of drug-likeness (QED) is 0.528. The van der Waals surface area contributed by atoms with Crippen molar-refractivity contribution in [2.24, 2.45) is 0 Å². The van der Waals surface area contributed by atoms with Crippen LogP contribution in [0, 0.1) is 0 Å². The second-order valence-electron chi connectivity index (χ2n) is 1.88. The van der Waals surface area contributed by atoms with Crippen molar-refractivity contribution in [2.45, 2.75) is 0 Å². The van der Waals surface area contributed by atoms with E-state index in [1.54, 1.807) is 18.2 Å². The van der Waals surface area contributed by atoms with E-state index < -0.39 is 7.60 Å². The summed E-state index contributed by atoms with van der Waals surface area (Å²) < 4.78 is 10.5. The van der Waals surface area contributed by atoms with E-state index in [0.29, 0.717) is 0 Å². The van der Waals surface area contributed by atoms with E-state index in [1.807, 2.05) is 0 Å². The Morgan fingerprint density at radius 3 is 1.82 bits per heavy atom. The van der Waals surface area contributed by atoms with E-state index in [1.165, 1.54) is 12.1 Å². The van der Waals surface area contributed by atoms with Crippen LogP contribution in [0.2, 0.25) is 0 Å². The minimum Gasteiger partial charge on any atom is -0.321 e. The molecule has 62 valence electrons. The first kappa shape index (κ1) is 10.9. The molecule has 0 heterocycles. The summed E-state index contributed by atoms with van der Waals surface area (Å²) in [5.74, 6) is 0. The number of rotatable bonds is 1. The molecule has 0 aliphatic heterocycles. The van der Waals surface area contributed by atoms with Crippen LogP contribution < -0.4 is 5.30 Å². The third-order valence-corrected chi connectivity index (χ3v) is 2.06. The SMILES string of the molecule is O=P(O)(O)c1ccccc1.[Fe]. The van der Waals surface area contributed by atoms with Crippen molar-refractivity contribution < 1.29 is 31.4 Å². The molecule has 1 aromatic carbocycles. The molecule has 0 atom stereocenters. The summed E-state index contributed by atoms with van der Waals surface area (Å²) >= 11 is 0. The second kappa shape index (κ2) is 4.05. The summed E-state index contributed by atoms with van der Waals surface area (Å²) in [6, 6.07) is 7.70. The average Bonchev–Trinajstić information content (AvgIpc) is 1.88. The van der Waals surface area contributed by atoms with Gasteiger partial charge in [0, 0.05) is 17.1 Å². The van der Waals surface area contributed by atoms with Gasteiger partial charge in [-0.15, -0.1) is 0 Å². The molecule has 0 spiro atoms. The second-order valence-corrected chi connectivity index (χ2v) is 3.48. The first-order valence-corrected chi connectivity index (χ1v) is 4.33. The molecular weight excluding hydrogens is 207 g/mol. The molecule has 0 aliphatic carbocycles. The Labute approximate surface area is 75.1 Å². The fourth-order valence-corrected chi connectivity index (χ4v) is 1.18. The summed E-state index contributed by atoms with van der Waals surface area (Å²) in [6.07, 6.45) is 0. The predicted molar refractivity (Wildman–Crippen MR) is 38.1 cm³/mol. The van der Waals surface area contributed by atoms with Crippen LogP contribution >= 0.6 is 7.60 Å². The Kier molecular flexibility index (Phi) is 4.01. The molecule has 3 nitrogen and oxygen atoms in total. The van der Waals surface area contributed by atoms with Gasteiger partial charge >= 0.3 is 7.60 Å². The predicted octanol–water partition coefficient (Wildman–Crippen LogP) is 0.487. The van der Waals surface area contributed by atoms with E-state index in [4.69, 9.17) is 9.79 Å². The summed E-state index contributed by atoms with van der Waals surface area (Å²) in [5, 5.41) is 0.0648. The molecule has 0 saturated carbocycles. The average molecular weight is 214 g/mol. The smallest absolute Gasteiger partial charge is 0.321 e. The Hall–Kier alpha value is -0.111. The van der Waals surface area contributed by atoms with Crippen molar-refractivity contribution in [2.75, 3.05) is 0 Å². The Balaban J connectivity index is 0.000001000. The zero-order valence-electron chi connectivity index (χ0n) is 5.49. The molecule has 0 aliphatic rings. The third kappa shape index (κ3) is 3.19. The minimum atomic E-state index is -4.02. The fraction of sp³-hybridized carbons (Fsp3) is 0. The van der Waals surface area contributed by atoms with Gasteiger partial charge in [-0.2, -0.15) is 0 Å². The molecule has 0 saturated heterocycles. The zero-order chi connectivity index (χ0) is 7.61. The van der Waals surface area contributed by atoms with Crippen molar-refractivity contribution in [1.29, 1.82) is 0 Å². The Morgan fingerprint density at radius 2 is 1.55 bits per heavy atom. The molecule has 5 heteroatoms. The molecule has 1 rings (SSSR count). The summed E-state index contributed by atoms with van der Waals surface area (Å²) in [5.41, 5.74) is 0. The summed E-state index contributed by atoms with van der Waals surface area (Å²) in [4.78, 5) is 17.2. The normalized spacial score (nSPS) is 10.4. The monoisotopic (exact) mass is 214 g/mol. The van der Waals surface area contributed by atoms with Crippen molar-refractivity contribution in [3.63, 3.8) is 0 Å². The molecule has 0 radical (unpaired) electrons. The zero-order valence-corrected chi connectivity index (χ0v) is 7.49. The van der Waals surface area contributed by atoms with Crippen LogP contribution in [0.15, 0.2) is 30.3 Å². The number of hydrogen-bond acceptors (Lipinski definition) is 1. The first-order valence-electron chi connectivity index (χ1n) is 2.72. The molecule has 0 amide bonds. The van der Waals surface area contributed by atoms with Crippen LogP contribution in [0.25, 0.3) is 0 Å². The molecular formula is C6H7FeO3P. The summed E-state index contributed by atoms with van der Waals surface area (Å²) in [7, 11) is -4.02. The van der Waals surface area contributed by atoms with Crippen molar-refractivity contribution >= 4 is 12.9 Å². The van der Waals surface area contributed by atoms with Crippen LogP contribution in [0.1, 0.15) is 0 Å².